The van der Waals surface area contributed by atoms with Gasteiger partial charge in [-0.2, -0.15) is 0 Å². The van der Waals surface area contributed by atoms with Gasteiger partial charge in [-0.3, -0.25) is 9.78 Å². The fourth-order valence-corrected chi connectivity index (χ4v) is 1.38. The third-order valence-electron chi connectivity index (χ3n) is 3.08. The number of rotatable bonds is 5. The summed E-state index contributed by atoms with van der Waals surface area (Å²) in [5.74, 6) is -0.202. The van der Waals surface area contributed by atoms with Crippen LogP contribution in [0, 0.1) is 5.92 Å². The van der Waals surface area contributed by atoms with Crippen molar-refractivity contribution in [3.63, 3.8) is 0 Å². The van der Waals surface area contributed by atoms with Crippen LogP contribution in [0.15, 0.2) is 18.6 Å². The first-order chi connectivity index (χ1) is 7.97. The summed E-state index contributed by atoms with van der Waals surface area (Å²) in [4.78, 5) is 19.4. The van der Waals surface area contributed by atoms with Gasteiger partial charge in [-0.25, -0.2) is 4.98 Å². The van der Waals surface area contributed by atoms with E-state index in [9.17, 15) is 9.90 Å². The molecule has 0 aliphatic carbocycles. The van der Waals surface area contributed by atoms with Crippen LogP contribution in [0.1, 0.15) is 37.7 Å². The van der Waals surface area contributed by atoms with E-state index in [1.165, 1.54) is 18.6 Å². The second-order valence-electron chi connectivity index (χ2n) is 4.44. The highest BCUT2D eigenvalue weighted by Crippen LogP contribution is 2.18. The Bertz CT molecular complexity index is 365. The van der Waals surface area contributed by atoms with Crippen molar-refractivity contribution in [2.24, 2.45) is 5.92 Å². The molecule has 1 rings (SSSR count). The van der Waals surface area contributed by atoms with Crippen molar-refractivity contribution >= 4 is 5.91 Å². The number of hydrogen-bond acceptors (Lipinski definition) is 4. The number of nitrogens with one attached hydrogen (secondary N) is 1. The fraction of sp³-hybridized carbons (Fsp3) is 0.583. The highest BCUT2D eigenvalue weighted by molar-refractivity contribution is 5.91. The lowest BCUT2D eigenvalue weighted by Crippen LogP contribution is -2.45. The largest absolute Gasteiger partial charge is 0.388 e. The van der Waals surface area contributed by atoms with Crippen molar-refractivity contribution in [3.05, 3.63) is 24.3 Å². The summed E-state index contributed by atoms with van der Waals surface area (Å²) in [5.41, 5.74) is -0.653. The average molecular weight is 237 g/mol. The fourth-order valence-electron chi connectivity index (χ4n) is 1.38. The lowest BCUT2D eigenvalue weighted by molar-refractivity contribution is 0.00587. The molecule has 2 N–H and O–H groups in total. The topological polar surface area (TPSA) is 75.1 Å². The molecule has 0 fully saturated rings. The van der Waals surface area contributed by atoms with Crippen molar-refractivity contribution in [2.45, 2.75) is 32.8 Å². The molecule has 5 nitrogen and oxygen atoms in total. The highest BCUT2D eigenvalue weighted by atomic mass is 16.3. The van der Waals surface area contributed by atoms with Gasteiger partial charge >= 0.3 is 0 Å². The van der Waals surface area contributed by atoms with Crippen molar-refractivity contribution in [2.75, 3.05) is 6.54 Å². The maximum Gasteiger partial charge on any atom is 0.271 e. The first kappa shape index (κ1) is 13.6. The number of aromatic nitrogens is 2. The number of hydrogen-bond donors (Lipinski definition) is 2. The number of carbonyl (C=O) groups excluding carboxylic acids is 1. The molecule has 0 aromatic carbocycles. The van der Waals surface area contributed by atoms with E-state index in [2.05, 4.69) is 15.3 Å². The number of nitrogens with zero attached hydrogens (tertiary/aromatic N) is 2. The predicted molar refractivity (Wildman–Crippen MR) is 64.4 cm³/mol. The molecule has 2 atom stereocenters. The minimum atomic E-state index is -0.910. The van der Waals surface area contributed by atoms with E-state index >= 15 is 0 Å². The lowest BCUT2D eigenvalue weighted by Gasteiger charge is -2.29. The summed E-state index contributed by atoms with van der Waals surface area (Å²) in [6.45, 7) is 5.88. The monoisotopic (exact) mass is 237 g/mol. The quantitative estimate of drug-likeness (QED) is 0.801. The predicted octanol–water partition coefficient (Wildman–Crippen LogP) is 1.00. The zero-order chi connectivity index (χ0) is 12.9. The maximum atomic E-state index is 11.7. The van der Waals surface area contributed by atoms with Crippen molar-refractivity contribution in [3.8, 4) is 0 Å². The van der Waals surface area contributed by atoms with Crippen LogP contribution in [0.5, 0.6) is 0 Å². The van der Waals surface area contributed by atoms with Crippen molar-refractivity contribution in [1.29, 1.82) is 0 Å². The minimum absolute atomic E-state index is 0.115. The molecule has 17 heavy (non-hydrogen) atoms. The maximum absolute atomic E-state index is 11.7. The van der Waals surface area contributed by atoms with Gasteiger partial charge in [0, 0.05) is 18.9 Å². The van der Waals surface area contributed by atoms with Crippen LogP contribution in [0.25, 0.3) is 0 Å². The van der Waals surface area contributed by atoms with Gasteiger partial charge in [-0.1, -0.05) is 20.3 Å². The molecule has 0 radical (unpaired) electrons. The van der Waals surface area contributed by atoms with E-state index < -0.39 is 5.60 Å². The SMILES string of the molecule is CCC(C)C(C)(O)CNC(=O)c1cnccn1. The second-order valence-corrected chi connectivity index (χ2v) is 4.44. The number of carbonyl (C=O) groups is 1. The van der Waals surface area contributed by atoms with Crippen molar-refractivity contribution < 1.29 is 9.90 Å². The van der Waals surface area contributed by atoms with Crippen LogP contribution in [0.4, 0.5) is 0 Å². The van der Waals surface area contributed by atoms with Crippen LogP contribution in [-0.2, 0) is 0 Å². The summed E-state index contributed by atoms with van der Waals surface area (Å²) < 4.78 is 0. The molecule has 94 valence electrons. The summed E-state index contributed by atoms with van der Waals surface area (Å²) in [7, 11) is 0. The number of aliphatic hydroxyl groups is 1. The Morgan fingerprint density at radius 3 is 2.82 bits per heavy atom. The smallest absolute Gasteiger partial charge is 0.271 e. The summed E-state index contributed by atoms with van der Waals surface area (Å²) in [6.07, 6.45) is 5.22. The Balaban J connectivity index is 2.54. The van der Waals surface area contributed by atoms with Gasteiger partial charge in [0.15, 0.2) is 0 Å². The molecule has 1 aromatic heterocycles. The molecular weight excluding hydrogens is 218 g/mol. The molecule has 0 bridgehead atoms. The molecule has 1 amide bonds. The Hall–Kier alpha value is -1.49. The van der Waals surface area contributed by atoms with E-state index in [1.54, 1.807) is 6.92 Å². The van der Waals surface area contributed by atoms with Gasteiger partial charge < -0.3 is 10.4 Å². The number of amides is 1. The molecular formula is C12H19N3O2. The van der Waals surface area contributed by atoms with Crippen LogP contribution >= 0.6 is 0 Å². The zero-order valence-electron chi connectivity index (χ0n) is 10.5. The molecule has 2 unspecified atom stereocenters. The minimum Gasteiger partial charge on any atom is -0.388 e. The summed E-state index contributed by atoms with van der Waals surface area (Å²) in [5, 5.41) is 12.8. The van der Waals surface area contributed by atoms with E-state index in [0.29, 0.717) is 0 Å². The lowest BCUT2D eigenvalue weighted by atomic mass is 9.88. The van der Waals surface area contributed by atoms with Crippen LogP contribution in [0.3, 0.4) is 0 Å². The molecule has 5 heteroatoms. The van der Waals surface area contributed by atoms with Crippen LogP contribution < -0.4 is 5.32 Å². The third-order valence-corrected chi connectivity index (χ3v) is 3.08. The molecule has 0 saturated heterocycles. The standard InChI is InChI=1S/C12H19N3O2/c1-4-9(2)12(3,17)8-15-11(16)10-7-13-5-6-14-10/h5-7,9,17H,4,8H2,1-3H3,(H,15,16). The van der Waals surface area contributed by atoms with Crippen molar-refractivity contribution in [1.82, 2.24) is 15.3 Å². The second kappa shape index (κ2) is 5.72. The van der Waals surface area contributed by atoms with Crippen LogP contribution in [-0.4, -0.2) is 33.1 Å². The summed E-state index contributed by atoms with van der Waals surface area (Å²) in [6, 6.07) is 0. The van der Waals surface area contributed by atoms with Gasteiger partial charge in [0.2, 0.25) is 0 Å². The normalized spacial score (nSPS) is 16.0. The first-order valence-corrected chi connectivity index (χ1v) is 5.74. The third kappa shape index (κ3) is 3.78. The van der Waals surface area contributed by atoms with Gasteiger partial charge in [0.05, 0.1) is 11.8 Å². The molecule has 0 spiro atoms. The van der Waals surface area contributed by atoms with E-state index in [1.807, 2.05) is 13.8 Å². The molecule has 1 aromatic rings. The summed E-state index contributed by atoms with van der Waals surface area (Å²) >= 11 is 0. The molecule has 1 heterocycles. The Kier molecular flexibility index (Phi) is 4.57. The molecule has 0 saturated carbocycles. The van der Waals surface area contributed by atoms with Gasteiger partial charge in [-0.05, 0) is 12.8 Å². The van der Waals surface area contributed by atoms with Gasteiger partial charge in [0.25, 0.3) is 5.91 Å². The van der Waals surface area contributed by atoms with E-state index in [4.69, 9.17) is 0 Å². The first-order valence-electron chi connectivity index (χ1n) is 5.74. The molecule has 0 aliphatic rings. The highest BCUT2D eigenvalue weighted by Gasteiger charge is 2.27. The Morgan fingerprint density at radius 2 is 2.29 bits per heavy atom. The van der Waals surface area contributed by atoms with Crippen LogP contribution in [0.2, 0.25) is 0 Å². The van der Waals surface area contributed by atoms with E-state index in [0.717, 1.165) is 6.42 Å². The Morgan fingerprint density at radius 1 is 1.59 bits per heavy atom. The molecule has 0 aliphatic heterocycles. The zero-order valence-corrected chi connectivity index (χ0v) is 10.5. The Labute approximate surface area is 101 Å². The average Bonchev–Trinajstić information content (AvgIpc) is 2.36. The van der Waals surface area contributed by atoms with Gasteiger partial charge in [0.1, 0.15) is 5.69 Å². The van der Waals surface area contributed by atoms with Gasteiger partial charge in [-0.15, -0.1) is 0 Å². The van der Waals surface area contributed by atoms with E-state index in [-0.39, 0.29) is 24.1 Å².